The van der Waals surface area contributed by atoms with E-state index >= 15 is 0 Å². The van der Waals surface area contributed by atoms with Crippen molar-refractivity contribution in [2.75, 3.05) is 21.3 Å². The number of ether oxygens (including phenoxy) is 3. The monoisotopic (exact) mass is 488 g/mol. The molecule has 3 aromatic heterocycles. The fourth-order valence-corrected chi connectivity index (χ4v) is 4.08. The Morgan fingerprint density at radius 3 is 2.42 bits per heavy atom. The number of para-hydroxylation sites is 1. The van der Waals surface area contributed by atoms with Crippen LogP contribution >= 0.6 is 0 Å². The Bertz CT molecular complexity index is 1610. The lowest BCUT2D eigenvalue weighted by Crippen LogP contribution is -2.25. The number of rotatable bonds is 7. The number of fused-ring (bicyclic) bond motifs is 1. The van der Waals surface area contributed by atoms with Crippen molar-refractivity contribution < 1.29 is 23.2 Å². The van der Waals surface area contributed by atoms with Crippen molar-refractivity contribution >= 4 is 10.9 Å². The van der Waals surface area contributed by atoms with Crippen LogP contribution in [0, 0.1) is 13.8 Å². The van der Waals surface area contributed by atoms with E-state index in [-0.39, 0.29) is 17.6 Å². The Hall–Kier alpha value is -4.60. The van der Waals surface area contributed by atoms with Crippen molar-refractivity contribution in [3.8, 4) is 40.0 Å². The molecule has 3 heterocycles. The van der Waals surface area contributed by atoms with Gasteiger partial charge in [-0.05, 0) is 50.2 Å². The van der Waals surface area contributed by atoms with E-state index in [1.54, 1.807) is 41.2 Å². The normalized spacial score (nSPS) is 11.1. The molecule has 0 aliphatic carbocycles. The number of aryl methyl sites for hydroxylation is 2. The molecule has 0 N–H and O–H groups in total. The van der Waals surface area contributed by atoms with Gasteiger partial charge in [-0.25, -0.2) is 9.67 Å². The number of oxazole rings is 1. The predicted octanol–water partition coefficient (Wildman–Crippen LogP) is 4.40. The van der Waals surface area contributed by atoms with Gasteiger partial charge < -0.3 is 23.2 Å². The number of aromatic nitrogens is 4. The lowest BCUT2D eigenvalue weighted by molar-refractivity contribution is 0.355. The number of hydrogen-bond donors (Lipinski definition) is 0. The first-order valence-electron chi connectivity index (χ1n) is 11.1. The number of methoxy groups -OCH3 is 3. The van der Waals surface area contributed by atoms with E-state index in [2.05, 4.69) is 15.2 Å². The SMILES string of the molecule is COc1ccc(-c2nn(Cc3nc(-c4cccc(OC)c4OC)oc3C)c(=O)c3noc(C)c23)cc1. The maximum Gasteiger partial charge on any atom is 0.297 e. The van der Waals surface area contributed by atoms with Gasteiger partial charge in [0, 0.05) is 5.56 Å². The first kappa shape index (κ1) is 23.2. The van der Waals surface area contributed by atoms with Crippen LogP contribution < -0.4 is 19.8 Å². The minimum Gasteiger partial charge on any atom is -0.497 e. The Morgan fingerprint density at radius 1 is 0.944 bits per heavy atom. The summed E-state index contributed by atoms with van der Waals surface area (Å²) in [5, 5.41) is 9.25. The van der Waals surface area contributed by atoms with Gasteiger partial charge in [0.05, 0.1) is 38.8 Å². The summed E-state index contributed by atoms with van der Waals surface area (Å²) in [4.78, 5) is 17.9. The minimum atomic E-state index is -0.387. The molecule has 0 radical (unpaired) electrons. The van der Waals surface area contributed by atoms with Crippen molar-refractivity contribution in [3.05, 3.63) is 70.0 Å². The molecule has 0 amide bonds. The highest BCUT2D eigenvalue weighted by molar-refractivity contribution is 5.93. The lowest BCUT2D eigenvalue weighted by atomic mass is 10.1. The van der Waals surface area contributed by atoms with Crippen LogP contribution in [-0.4, -0.2) is 41.3 Å². The average Bonchev–Trinajstić information content (AvgIpc) is 3.47. The van der Waals surface area contributed by atoms with E-state index in [1.807, 2.05) is 36.4 Å². The largest absolute Gasteiger partial charge is 0.497 e. The van der Waals surface area contributed by atoms with Gasteiger partial charge in [-0.3, -0.25) is 4.79 Å². The molecule has 2 aromatic carbocycles. The Balaban J connectivity index is 1.60. The summed E-state index contributed by atoms with van der Waals surface area (Å²) >= 11 is 0. The highest BCUT2D eigenvalue weighted by Crippen LogP contribution is 2.38. The molecule has 0 saturated heterocycles. The van der Waals surface area contributed by atoms with E-state index < -0.39 is 0 Å². The lowest BCUT2D eigenvalue weighted by Gasteiger charge is -2.10. The summed E-state index contributed by atoms with van der Waals surface area (Å²) in [5.41, 5.74) is 2.35. The summed E-state index contributed by atoms with van der Waals surface area (Å²) in [5.74, 6) is 3.18. The van der Waals surface area contributed by atoms with Gasteiger partial charge in [0.15, 0.2) is 17.0 Å². The van der Waals surface area contributed by atoms with Crippen LogP contribution in [0.25, 0.3) is 33.6 Å². The third-order valence-corrected chi connectivity index (χ3v) is 5.95. The molecule has 10 heteroatoms. The van der Waals surface area contributed by atoms with Crippen LogP contribution in [0.15, 0.2) is 56.2 Å². The summed E-state index contributed by atoms with van der Waals surface area (Å²) in [6.07, 6.45) is 0. The topological polar surface area (TPSA) is 115 Å². The van der Waals surface area contributed by atoms with Crippen LogP contribution in [0.1, 0.15) is 17.2 Å². The molecule has 0 bridgehead atoms. The number of benzene rings is 2. The molecule has 36 heavy (non-hydrogen) atoms. The minimum absolute atomic E-state index is 0.0749. The maximum absolute atomic E-state index is 13.3. The van der Waals surface area contributed by atoms with Crippen molar-refractivity contribution in [3.63, 3.8) is 0 Å². The van der Waals surface area contributed by atoms with E-state index in [4.69, 9.17) is 23.2 Å². The van der Waals surface area contributed by atoms with Gasteiger partial charge in [0.25, 0.3) is 5.56 Å². The van der Waals surface area contributed by atoms with Crippen molar-refractivity contribution in [2.24, 2.45) is 0 Å². The molecule has 0 unspecified atom stereocenters. The van der Waals surface area contributed by atoms with Crippen LogP contribution in [0.4, 0.5) is 0 Å². The molecule has 0 fully saturated rings. The van der Waals surface area contributed by atoms with Gasteiger partial charge in [-0.2, -0.15) is 5.10 Å². The molecule has 0 aliphatic heterocycles. The second-order valence-electron chi connectivity index (χ2n) is 8.07. The van der Waals surface area contributed by atoms with Crippen molar-refractivity contribution in [2.45, 2.75) is 20.4 Å². The van der Waals surface area contributed by atoms with Crippen LogP contribution in [0.5, 0.6) is 17.2 Å². The summed E-state index contributed by atoms with van der Waals surface area (Å²) in [6.45, 7) is 3.61. The van der Waals surface area contributed by atoms with Crippen molar-refractivity contribution in [1.82, 2.24) is 19.9 Å². The van der Waals surface area contributed by atoms with Crippen LogP contribution in [0.3, 0.4) is 0 Å². The fraction of sp³-hybridized carbons (Fsp3) is 0.231. The molecule has 0 saturated carbocycles. The molecule has 5 aromatic rings. The van der Waals surface area contributed by atoms with Gasteiger partial charge in [-0.15, -0.1) is 0 Å². The summed E-state index contributed by atoms with van der Waals surface area (Å²) < 4.78 is 28.8. The zero-order valence-electron chi connectivity index (χ0n) is 20.5. The number of hydrogen-bond acceptors (Lipinski definition) is 9. The zero-order chi connectivity index (χ0) is 25.4. The van der Waals surface area contributed by atoms with Crippen LogP contribution in [-0.2, 0) is 6.54 Å². The average molecular weight is 489 g/mol. The quantitative estimate of drug-likeness (QED) is 0.329. The Kier molecular flexibility index (Phi) is 5.93. The first-order chi connectivity index (χ1) is 17.4. The smallest absolute Gasteiger partial charge is 0.297 e. The number of nitrogens with zero attached hydrogens (tertiary/aromatic N) is 4. The third kappa shape index (κ3) is 3.86. The summed E-state index contributed by atoms with van der Waals surface area (Å²) in [7, 11) is 4.72. The van der Waals surface area contributed by atoms with Crippen molar-refractivity contribution in [1.29, 1.82) is 0 Å². The first-order valence-corrected chi connectivity index (χ1v) is 11.1. The van der Waals surface area contributed by atoms with Gasteiger partial charge >= 0.3 is 0 Å². The fourth-order valence-electron chi connectivity index (χ4n) is 4.08. The molecule has 184 valence electrons. The third-order valence-electron chi connectivity index (χ3n) is 5.95. The highest BCUT2D eigenvalue weighted by atomic mass is 16.5. The Labute approximate surface area is 206 Å². The second kappa shape index (κ2) is 9.21. The Morgan fingerprint density at radius 2 is 1.72 bits per heavy atom. The van der Waals surface area contributed by atoms with E-state index in [1.165, 1.54) is 4.68 Å². The maximum atomic E-state index is 13.3. The molecule has 0 spiro atoms. The van der Waals surface area contributed by atoms with E-state index in [9.17, 15) is 4.79 Å². The molecular formula is C26H24N4O6. The van der Waals surface area contributed by atoms with E-state index in [0.29, 0.717) is 57.0 Å². The van der Waals surface area contributed by atoms with Gasteiger partial charge in [0.1, 0.15) is 28.7 Å². The van der Waals surface area contributed by atoms with Crippen LogP contribution in [0.2, 0.25) is 0 Å². The second-order valence-corrected chi connectivity index (χ2v) is 8.07. The standard InChI is InChI=1S/C26H24N4O6/c1-14-19(27-25(35-14)18-7-6-8-20(33-4)24(18)34-5)13-30-26(31)23-21(15(2)36-29-23)22(28-30)16-9-11-17(32-3)12-10-16/h6-12H,13H2,1-5H3. The summed E-state index contributed by atoms with van der Waals surface area (Å²) in [6, 6.07) is 12.8. The highest BCUT2D eigenvalue weighted by Gasteiger charge is 2.22. The van der Waals surface area contributed by atoms with Gasteiger partial charge in [-0.1, -0.05) is 11.2 Å². The zero-order valence-corrected chi connectivity index (χ0v) is 20.5. The molecular weight excluding hydrogens is 464 g/mol. The molecule has 10 nitrogen and oxygen atoms in total. The molecule has 0 atom stereocenters. The van der Waals surface area contributed by atoms with E-state index in [0.717, 1.165) is 5.56 Å². The predicted molar refractivity (Wildman–Crippen MR) is 132 cm³/mol. The van der Waals surface area contributed by atoms with Gasteiger partial charge in [0.2, 0.25) is 5.89 Å². The molecule has 0 aliphatic rings. The molecule has 5 rings (SSSR count).